The fraction of sp³-hybridized carbons (Fsp3) is 0.364. The van der Waals surface area contributed by atoms with Gasteiger partial charge in [-0.25, -0.2) is 9.37 Å². The first-order valence-electron chi connectivity index (χ1n) is 4.53. The second kappa shape index (κ2) is 3.02. The van der Waals surface area contributed by atoms with Crippen molar-refractivity contribution in [2.24, 2.45) is 0 Å². The maximum atomic E-state index is 12.9. The molecule has 0 aliphatic heterocycles. The fourth-order valence-corrected chi connectivity index (χ4v) is 2.27. The lowest BCUT2D eigenvalue weighted by Crippen LogP contribution is -2.09. The van der Waals surface area contributed by atoms with Crippen molar-refractivity contribution >= 4 is 21.6 Å². The van der Waals surface area contributed by atoms with E-state index in [0.29, 0.717) is 0 Å². The molecule has 0 amide bonds. The number of aromatic nitrogens is 1. The van der Waals surface area contributed by atoms with Crippen LogP contribution < -0.4 is 0 Å². The Balaban J connectivity index is 2.63. The third-order valence-electron chi connectivity index (χ3n) is 1.99. The molecule has 0 atom stereocenters. The van der Waals surface area contributed by atoms with E-state index in [-0.39, 0.29) is 11.2 Å². The summed E-state index contributed by atoms with van der Waals surface area (Å²) in [5, 5.41) is 1.05. The molecule has 0 saturated carbocycles. The molecule has 0 unspecified atom stereocenters. The molecule has 2 rings (SSSR count). The zero-order chi connectivity index (χ0) is 10.3. The normalized spacial score (nSPS) is 12.3. The van der Waals surface area contributed by atoms with Crippen molar-refractivity contribution in [2.45, 2.75) is 26.2 Å². The molecule has 0 spiro atoms. The van der Waals surface area contributed by atoms with Gasteiger partial charge in [-0.3, -0.25) is 0 Å². The van der Waals surface area contributed by atoms with Gasteiger partial charge >= 0.3 is 0 Å². The molecule has 1 heterocycles. The Hall–Kier alpha value is -0.960. The van der Waals surface area contributed by atoms with E-state index < -0.39 is 0 Å². The molecule has 1 nitrogen and oxygen atoms in total. The molecule has 14 heavy (non-hydrogen) atoms. The van der Waals surface area contributed by atoms with Crippen LogP contribution in [-0.2, 0) is 5.41 Å². The summed E-state index contributed by atoms with van der Waals surface area (Å²) in [7, 11) is 0. The van der Waals surface area contributed by atoms with Crippen LogP contribution in [0.5, 0.6) is 0 Å². The SMILES string of the molecule is CC(C)(C)c1nc2ccc(F)cc2s1. The zero-order valence-electron chi connectivity index (χ0n) is 8.47. The second-order valence-corrected chi connectivity index (χ2v) is 5.41. The predicted octanol–water partition coefficient (Wildman–Crippen LogP) is 3.73. The van der Waals surface area contributed by atoms with Crippen molar-refractivity contribution < 1.29 is 4.39 Å². The maximum absolute atomic E-state index is 12.9. The number of fused-ring (bicyclic) bond motifs is 1. The minimum absolute atomic E-state index is 0.0418. The van der Waals surface area contributed by atoms with Crippen LogP contribution in [0.4, 0.5) is 4.39 Å². The van der Waals surface area contributed by atoms with Crippen LogP contribution in [0.1, 0.15) is 25.8 Å². The Morgan fingerprint density at radius 3 is 2.64 bits per heavy atom. The monoisotopic (exact) mass is 209 g/mol. The van der Waals surface area contributed by atoms with Crippen molar-refractivity contribution in [1.82, 2.24) is 4.98 Å². The van der Waals surface area contributed by atoms with E-state index in [1.165, 1.54) is 6.07 Å². The van der Waals surface area contributed by atoms with Crippen LogP contribution in [0.3, 0.4) is 0 Å². The summed E-state index contributed by atoms with van der Waals surface area (Å²) in [6, 6.07) is 4.73. The molecule has 2 aromatic rings. The first-order chi connectivity index (χ1) is 6.47. The van der Waals surface area contributed by atoms with Gasteiger partial charge in [-0.2, -0.15) is 0 Å². The molecule has 3 heteroatoms. The minimum atomic E-state index is -0.193. The topological polar surface area (TPSA) is 12.9 Å². The van der Waals surface area contributed by atoms with Crippen LogP contribution in [0.2, 0.25) is 0 Å². The zero-order valence-corrected chi connectivity index (χ0v) is 9.28. The van der Waals surface area contributed by atoms with Gasteiger partial charge in [0.25, 0.3) is 0 Å². The minimum Gasteiger partial charge on any atom is -0.241 e. The molecule has 1 aromatic carbocycles. The second-order valence-electron chi connectivity index (χ2n) is 4.38. The number of benzene rings is 1. The van der Waals surface area contributed by atoms with Crippen molar-refractivity contribution in [3.05, 3.63) is 29.0 Å². The van der Waals surface area contributed by atoms with E-state index in [9.17, 15) is 4.39 Å². The highest BCUT2D eigenvalue weighted by Gasteiger charge is 2.18. The molecule has 0 aliphatic carbocycles. The summed E-state index contributed by atoms with van der Waals surface area (Å²) in [6.45, 7) is 6.34. The number of hydrogen-bond acceptors (Lipinski definition) is 2. The molecule has 74 valence electrons. The molecule has 1 aromatic heterocycles. The Kier molecular flexibility index (Phi) is 2.07. The van der Waals surface area contributed by atoms with Crippen molar-refractivity contribution in [3.8, 4) is 0 Å². The van der Waals surface area contributed by atoms with Gasteiger partial charge in [-0.1, -0.05) is 20.8 Å². The van der Waals surface area contributed by atoms with Gasteiger partial charge < -0.3 is 0 Å². The predicted molar refractivity (Wildman–Crippen MR) is 58.3 cm³/mol. The third-order valence-corrected chi connectivity index (χ3v) is 3.44. The summed E-state index contributed by atoms with van der Waals surface area (Å²) in [4.78, 5) is 4.48. The maximum Gasteiger partial charge on any atom is 0.124 e. The Bertz CT molecular complexity index is 468. The van der Waals surface area contributed by atoms with Crippen molar-refractivity contribution in [2.75, 3.05) is 0 Å². The van der Waals surface area contributed by atoms with Gasteiger partial charge in [0.05, 0.1) is 15.2 Å². The first kappa shape index (κ1) is 9.59. The molecule has 0 radical (unpaired) electrons. The van der Waals surface area contributed by atoms with Crippen LogP contribution in [-0.4, -0.2) is 4.98 Å². The Morgan fingerprint density at radius 1 is 1.29 bits per heavy atom. The Morgan fingerprint density at radius 2 is 2.00 bits per heavy atom. The summed E-state index contributed by atoms with van der Waals surface area (Å²) in [6.07, 6.45) is 0. The average molecular weight is 209 g/mol. The standard InChI is InChI=1S/C11H12FNS/c1-11(2,3)10-13-8-5-4-7(12)6-9(8)14-10/h4-6H,1-3H3. The molecule has 0 N–H and O–H groups in total. The number of hydrogen-bond donors (Lipinski definition) is 0. The molecular weight excluding hydrogens is 197 g/mol. The highest BCUT2D eigenvalue weighted by molar-refractivity contribution is 7.18. The van der Waals surface area contributed by atoms with Gasteiger partial charge in [0.2, 0.25) is 0 Å². The lowest BCUT2D eigenvalue weighted by atomic mass is 9.98. The summed E-state index contributed by atoms with van der Waals surface area (Å²) >= 11 is 1.57. The van der Waals surface area contributed by atoms with Crippen LogP contribution in [0.25, 0.3) is 10.2 Å². The van der Waals surface area contributed by atoms with Gasteiger partial charge in [0, 0.05) is 5.41 Å². The van der Waals surface area contributed by atoms with Crippen LogP contribution in [0.15, 0.2) is 18.2 Å². The highest BCUT2D eigenvalue weighted by atomic mass is 32.1. The van der Waals surface area contributed by atoms with Gasteiger partial charge in [-0.15, -0.1) is 11.3 Å². The number of thiazole rings is 1. The van der Waals surface area contributed by atoms with Crippen molar-refractivity contribution in [3.63, 3.8) is 0 Å². The van der Waals surface area contributed by atoms with E-state index in [2.05, 4.69) is 25.8 Å². The lowest BCUT2D eigenvalue weighted by molar-refractivity contribution is 0.587. The molecule has 0 fully saturated rings. The summed E-state index contributed by atoms with van der Waals surface area (Å²) in [5.41, 5.74) is 0.932. The Labute approximate surface area is 86.6 Å². The smallest absolute Gasteiger partial charge is 0.124 e. The number of halogens is 1. The number of rotatable bonds is 0. The van der Waals surface area contributed by atoms with E-state index in [1.807, 2.05) is 0 Å². The van der Waals surface area contributed by atoms with E-state index in [0.717, 1.165) is 15.2 Å². The van der Waals surface area contributed by atoms with E-state index >= 15 is 0 Å². The number of nitrogens with zero attached hydrogens (tertiary/aromatic N) is 1. The van der Waals surface area contributed by atoms with Crippen LogP contribution >= 0.6 is 11.3 Å². The van der Waals surface area contributed by atoms with Crippen LogP contribution in [0, 0.1) is 5.82 Å². The largest absolute Gasteiger partial charge is 0.241 e. The van der Waals surface area contributed by atoms with Gasteiger partial charge in [-0.05, 0) is 18.2 Å². The molecule has 0 saturated heterocycles. The fourth-order valence-electron chi connectivity index (χ4n) is 1.22. The third kappa shape index (κ3) is 1.64. The first-order valence-corrected chi connectivity index (χ1v) is 5.35. The van der Waals surface area contributed by atoms with E-state index in [4.69, 9.17) is 0 Å². The molecule has 0 bridgehead atoms. The average Bonchev–Trinajstić information content (AvgIpc) is 2.45. The molecular formula is C11H12FNS. The van der Waals surface area contributed by atoms with Crippen molar-refractivity contribution in [1.29, 1.82) is 0 Å². The van der Waals surface area contributed by atoms with Gasteiger partial charge in [0.15, 0.2) is 0 Å². The highest BCUT2D eigenvalue weighted by Crippen LogP contribution is 2.31. The van der Waals surface area contributed by atoms with Gasteiger partial charge in [0.1, 0.15) is 5.82 Å². The molecule has 0 aliphatic rings. The summed E-state index contributed by atoms with van der Waals surface area (Å²) < 4.78 is 13.8. The lowest BCUT2D eigenvalue weighted by Gasteiger charge is -2.13. The van der Waals surface area contributed by atoms with E-state index in [1.54, 1.807) is 23.5 Å². The summed E-state index contributed by atoms with van der Waals surface area (Å²) in [5.74, 6) is -0.193. The quantitative estimate of drug-likeness (QED) is 0.644.